The van der Waals surface area contributed by atoms with Crippen LogP contribution in [0.2, 0.25) is 0 Å². The Balaban J connectivity index is 1.17. The number of fused-ring (bicyclic) bond motifs is 6. The van der Waals surface area contributed by atoms with Crippen molar-refractivity contribution in [1.82, 2.24) is 19.9 Å². The van der Waals surface area contributed by atoms with Gasteiger partial charge in [0.15, 0.2) is 17.5 Å². The van der Waals surface area contributed by atoms with Crippen LogP contribution in [0.15, 0.2) is 170 Å². The van der Waals surface area contributed by atoms with Gasteiger partial charge in [-0.3, -0.25) is 0 Å². The van der Waals surface area contributed by atoms with Crippen LogP contribution in [0, 0.1) is 0 Å². The topological polar surface area (TPSA) is 51.6 Å². The number of thiazole rings is 1. The summed E-state index contributed by atoms with van der Waals surface area (Å²) in [4.78, 5) is 21.0. The minimum atomic E-state index is 0.638. The summed E-state index contributed by atoms with van der Waals surface area (Å²) in [7, 11) is 0. The van der Waals surface area contributed by atoms with Gasteiger partial charge in [0.2, 0.25) is 0 Å². The summed E-state index contributed by atoms with van der Waals surface area (Å²) < 4.78 is 3.59. The maximum Gasteiger partial charge on any atom is 0.164 e. The molecule has 8 aromatic carbocycles. The maximum atomic E-state index is 5.37. The first-order valence-corrected chi connectivity index (χ1v) is 19.5. The molecule has 3 heterocycles. The van der Waals surface area contributed by atoms with Gasteiger partial charge in [0.1, 0.15) is 5.01 Å². The molecule has 11 rings (SSSR count). The van der Waals surface area contributed by atoms with Crippen molar-refractivity contribution >= 4 is 74.6 Å². The average Bonchev–Trinajstić information content (AvgIpc) is 3.83. The molecule has 0 aliphatic heterocycles. The maximum absolute atomic E-state index is 5.37. The van der Waals surface area contributed by atoms with E-state index in [9.17, 15) is 0 Å². The summed E-state index contributed by atoms with van der Waals surface area (Å²) in [6, 6.07) is 59.7. The normalized spacial score (nSPS) is 11.7. The van der Waals surface area contributed by atoms with Crippen LogP contribution < -0.4 is 0 Å². The van der Waals surface area contributed by atoms with Crippen LogP contribution >= 0.6 is 22.7 Å². The molecule has 0 atom stereocenters. The summed E-state index contributed by atoms with van der Waals surface area (Å²) in [5.74, 6) is 1.92. The van der Waals surface area contributed by atoms with Gasteiger partial charge in [-0.15, -0.1) is 22.7 Å². The van der Waals surface area contributed by atoms with Crippen LogP contribution in [0.3, 0.4) is 0 Å². The van der Waals surface area contributed by atoms with Gasteiger partial charge in [-0.25, -0.2) is 19.9 Å². The fourth-order valence-corrected chi connectivity index (χ4v) is 9.81. The number of benzene rings is 8. The summed E-state index contributed by atoms with van der Waals surface area (Å²) >= 11 is 3.54. The van der Waals surface area contributed by atoms with Crippen LogP contribution in [-0.4, -0.2) is 19.9 Å². The van der Waals surface area contributed by atoms with Crippen LogP contribution in [-0.2, 0) is 0 Å². The van der Waals surface area contributed by atoms with Crippen molar-refractivity contribution in [1.29, 1.82) is 0 Å². The second-order valence-corrected chi connectivity index (χ2v) is 15.5. The molecule has 0 fully saturated rings. The van der Waals surface area contributed by atoms with E-state index in [4.69, 9.17) is 19.9 Å². The largest absolute Gasteiger partial charge is 0.236 e. The molecule has 11 aromatic rings. The van der Waals surface area contributed by atoms with Gasteiger partial charge >= 0.3 is 0 Å². The van der Waals surface area contributed by atoms with E-state index in [0.717, 1.165) is 65.4 Å². The first-order chi connectivity index (χ1) is 26.7. The van der Waals surface area contributed by atoms with Crippen LogP contribution in [0.4, 0.5) is 0 Å². The molecule has 0 amide bonds. The molecule has 0 radical (unpaired) electrons. The number of nitrogens with zero attached hydrogens (tertiary/aromatic N) is 4. The quantitative estimate of drug-likeness (QED) is 0.177. The van der Waals surface area contributed by atoms with Crippen molar-refractivity contribution in [3.8, 4) is 55.9 Å². The molecular weight excluding hydrogens is 697 g/mol. The highest BCUT2D eigenvalue weighted by Crippen LogP contribution is 2.44. The molecule has 0 spiro atoms. The van der Waals surface area contributed by atoms with Crippen molar-refractivity contribution < 1.29 is 0 Å². The second kappa shape index (κ2) is 12.5. The molecule has 0 N–H and O–H groups in total. The highest BCUT2D eigenvalue weighted by atomic mass is 32.1. The van der Waals surface area contributed by atoms with E-state index in [1.165, 1.54) is 24.9 Å². The number of hydrogen-bond acceptors (Lipinski definition) is 6. The molecule has 0 unspecified atom stereocenters. The molecule has 0 aliphatic rings. The number of thiophene rings is 1. The van der Waals surface area contributed by atoms with Gasteiger partial charge in [0.05, 0.1) is 10.2 Å². The second-order valence-electron chi connectivity index (χ2n) is 13.4. The fraction of sp³-hybridized carbons (Fsp3) is 0. The van der Waals surface area contributed by atoms with Gasteiger partial charge in [-0.2, -0.15) is 0 Å². The van der Waals surface area contributed by atoms with E-state index >= 15 is 0 Å². The predicted octanol–water partition coefficient (Wildman–Crippen LogP) is 13.5. The lowest BCUT2D eigenvalue weighted by atomic mass is 9.93. The Bertz CT molecular complexity index is 3220. The molecule has 0 saturated heterocycles. The Morgan fingerprint density at radius 1 is 0.352 bits per heavy atom. The van der Waals surface area contributed by atoms with Crippen molar-refractivity contribution in [3.05, 3.63) is 170 Å². The first-order valence-electron chi connectivity index (χ1n) is 17.9. The van der Waals surface area contributed by atoms with E-state index in [0.29, 0.717) is 17.5 Å². The Morgan fingerprint density at radius 2 is 1.04 bits per heavy atom. The van der Waals surface area contributed by atoms with Crippen molar-refractivity contribution in [2.75, 3.05) is 0 Å². The standard InChI is InChI=1S/C48H28N4S2/c1-3-14-31(15-4-1)43-35-19-10-9-13-30(35)24-25-37(43)47-51-45(34-23-22-29-12-7-8-18-33(29)26-34)50-46(52-47)36-20-11-21-40-44(36)38-27-39-42(28-41(38)53-40)54-48(49-39)32-16-5-2-6-17-32/h1-28H. The Morgan fingerprint density at radius 3 is 1.87 bits per heavy atom. The number of aromatic nitrogens is 4. The Kier molecular flexibility index (Phi) is 7.18. The highest BCUT2D eigenvalue weighted by molar-refractivity contribution is 7.26. The van der Waals surface area contributed by atoms with Gasteiger partial charge in [0, 0.05) is 48.0 Å². The molecular formula is C48H28N4S2. The minimum absolute atomic E-state index is 0.638. The van der Waals surface area contributed by atoms with E-state index in [-0.39, 0.29) is 0 Å². The van der Waals surface area contributed by atoms with E-state index in [2.05, 4.69) is 164 Å². The third-order valence-electron chi connectivity index (χ3n) is 10.1. The van der Waals surface area contributed by atoms with Crippen LogP contribution in [0.25, 0.3) is 108 Å². The molecule has 0 aliphatic carbocycles. The number of hydrogen-bond donors (Lipinski definition) is 0. The monoisotopic (exact) mass is 724 g/mol. The minimum Gasteiger partial charge on any atom is -0.236 e. The highest BCUT2D eigenvalue weighted by Gasteiger charge is 2.21. The molecule has 0 saturated carbocycles. The van der Waals surface area contributed by atoms with Crippen LogP contribution in [0.1, 0.15) is 0 Å². The van der Waals surface area contributed by atoms with E-state index < -0.39 is 0 Å². The van der Waals surface area contributed by atoms with Gasteiger partial charge in [0.25, 0.3) is 0 Å². The average molecular weight is 725 g/mol. The number of rotatable bonds is 5. The lowest BCUT2D eigenvalue weighted by molar-refractivity contribution is 1.08. The first kappa shape index (κ1) is 31.0. The zero-order valence-corrected chi connectivity index (χ0v) is 30.4. The third-order valence-corrected chi connectivity index (χ3v) is 12.3. The summed E-state index contributed by atoms with van der Waals surface area (Å²) in [6.45, 7) is 0. The van der Waals surface area contributed by atoms with Gasteiger partial charge in [-0.05, 0) is 57.4 Å². The van der Waals surface area contributed by atoms with Crippen molar-refractivity contribution in [2.45, 2.75) is 0 Å². The summed E-state index contributed by atoms with van der Waals surface area (Å²) in [6.07, 6.45) is 0. The molecule has 54 heavy (non-hydrogen) atoms. The fourth-order valence-electron chi connectivity index (χ4n) is 7.59. The van der Waals surface area contributed by atoms with Crippen LogP contribution in [0.5, 0.6) is 0 Å². The van der Waals surface area contributed by atoms with Gasteiger partial charge in [-0.1, -0.05) is 140 Å². The molecule has 6 heteroatoms. The summed E-state index contributed by atoms with van der Waals surface area (Å²) in [5.41, 5.74) is 7.24. The SMILES string of the molecule is c1ccc(-c2nc3cc4c(cc3s2)sc2cccc(-c3nc(-c5ccc6ccccc6c5)nc(-c5ccc6ccccc6c5-c5ccccc5)n3)c24)cc1. The Labute approximate surface area is 318 Å². The predicted molar refractivity (Wildman–Crippen MR) is 228 cm³/mol. The summed E-state index contributed by atoms with van der Waals surface area (Å²) in [5, 5.41) is 7.97. The van der Waals surface area contributed by atoms with Crippen molar-refractivity contribution in [2.24, 2.45) is 0 Å². The third kappa shape index (κ3) is 5.18. The molecule has 3 aromatic heterocycles. The molecule has 0 bridgehead atoms. The van der Waals surface area contributed by atoms with E-state index in [1.807, 2.05) is 6.07 Å². The zero-order chi connectivity index (χ0) is 35.6. The van der Waals surface area contributed by atoms with E-state index in [1.54, 1.807) is 22.7 Å². The zero-order valence-electron chi connectivity index (χ0n) is 28.8. The van der Waals surface area contributed by atoms with Gasteiger partial charge < -0.3 is 0 Å². The Hall–Kier alpha value is -6.60. The molecule has 252 valence electrons. The molecule has 4 nitrogen and oxygen atoms in total. The van der Waals surface area contributed by atoms with Crippen molar-refractivity contribution in [3.63, 3.8) is 0 Å². The lowest BCUT2D eigenvalue weighted by Gasteiger charge is -2.15. The lowest BCUT2D eigenvalue weighted by Crippen LogP contribution is -2.01. The smallest absolute Gasteiger partial charge is 0.164 e.